The zero-order chi connectivity index (χ0) is 13.1. The Kier molecular flexibility index (Phi) is 3.67. The third-order valence-corrected chi connectivity index (χ3v) is 4.24. The predicted molar refractivity (Wildman–Crippen MR) is 82.7 cm³/mol. The highest BCUT2D eigenvalue weighted by Crippen LogP contribution is 2.22. The van der Waals surface area contributed by atoms with Crippen molar-refractivity contribution in [3.8, 4) is 0 Å². The molecule has 2 heterocycles. The molecule has 0 aliphatic heterocycles. The summed E-state index contributed by atoms with van der Waals surface area (Å²) in [6.45, 7) is 1.74. The van der Waals surface area contributed by atoms with Gasteiger partial charge in [-0.05, 0) is 53.4 Å². The lowest BCUT2D eigenvalue weighted by Crippen LogP contribution is -2.02. The van der Waals surface area contributed by atoms with Gasteiger partial charge in [-0.1, -0.05) is 18.2 Å². The summed E-state index contributed by atoms with van der Waals surface area (Å²) in [5.74, 6) is 0. The van der Waals surface area contributed by atoms with E-state index < -0.39 is 0 Å². The van der Waals surface area contributed by atoms with E-state index in [1.54, 1.807) is 11.3 Å². The maximum atomic E-state index is 5.70. The highest BCUT2D eigenvalue weighted by molar-refractivity contribution is 7.07. The van der Waals surface area contributed by atoms with E-state index in [1.807, 2.05) is 0 Å². The van der Waals surface area contributed by atoms with E-state index >= 15 is 0 Å². The molecule has 19 heavy (non-hydrogen) atoms. The first-order valence-corrected chi connectivity index (χ1v) is 7.60. The van der Waals surface area contributed by atoms with Gasteiger partial charge in [-0.15, -0.1) is 0 Å². The molecule has 0 saturated carbocycles. The first kappa shape index (κ1) is 12.5. The average Bonchev–Trinajstić information content (AvgIpc) is 3.06. The molecular formula is C16H18N2S. The number of aryl methyl sites for hydroxylation is 2. The summed E-state index contributed by atoms with van der Waals surface area (Å²) >= 11 is 1.77. The van der Waals surface area contributed by atoms with E-state index in [1.165, 1.54) is 22.0 Å². The number of nitrogens with zero attached hydrogens (tertiary/aromatic N) is 1. The van der Waals surface area contributed by atoms with E-state index in [0.717, 1.165) is 19.4 Å². The lowest BCUT2D eigenvalue weighted by molar-refractivity contribution is 0.720. The van der Waals surface area contributed by atoms with Crippen LogP contribution < -0.4 is 5.73 Å². The van der Waals surface area contributed by atoms with Gasteiger partial charge >= 0.3 is 0 Å². The van der Waals surface area contributed by atoms with Crippen molar-refractivity contribution >= 4 is 22.2 Å². The van der Waals surface area contributed by atoms with Gasteiger partial charge in [0.2, 0.25) is 0 Å². The molecule has 3 heteroatoms. The summed E-state index contributed by atoms with van der Waals surface area (Å²) in [5.41, 5.74) is 9.81. The Morgan fingerprint density at radius 3 is 2.79 bits per heavy atom. The van der Waals surface area contributed by atoms with Crippen LogP contribution in [0.3, 0.4) is 0 Å². The SMILES string of the molecule is NCCc1cn(CCc2ccsc2)c2ccccc12. The highest BCUT2D eigenvalue weighted by atomic mass is 32.1. The molecule has 3 rings (SSSR count). The number of benzene rings is 1. The average molecular weight is 270 g/mol. The van der Waals surface area contributed by atoms with Crippen LogP contribution in [0.5, 0.6) is 0 Å². The molecule has 2 aromatic heterocycles. The fourth-order valence-electron chi connectivity index (χ4n) is 2.55. The van der Waals surface area contributed by atoms with Gasteiger partial charge < -0.3 is 10.3 Å². The second-order valence-corrected chi connectivity index (χ2v) is 5.57. The van der Waals surface area contributed by atoms with Gasteiger partial charge in [0, 0.05) is 23.6 Å². The van der Waals surface area contributed by atoms with Gasteiger partial charge in [0.1, 0.15) is 0 Å². The van der Waals surface area contributed by atoms with Gasteiger partial charge in [-0.25, -0.2) is 0 Å². The molecule has 0 fully saturated rings. The fraction of sp³-hybridized carbons (Fsp3) is 0.250. The molecule has 0 radical (unpaired) electrons. The second kappa shape index (κ2) is 5.59. The van der Waals surface area contributed by atoms with Crippen molar-refractivity contribution in [3.63, 3.8) is 0 Å². The summed E-state index contributed by atoms with van der Waals surface area (Å²) in [6, 6.07) is 10.8. The van der Waals surface area contributed by atoms with Gasteiger partial charge in [-0.2, -0.15) is 11.3 Å². The van der Waals surface area contributed by atoms with Crippen LogP contribution in [-0.4, -0.2) is 11.1 Å². The summed E-state index contributed by atoms with van der Waals surface area (Å²) in [7, 11) is 0. The molecule has 0 bridgehead atoms. The Bertz CT molecular complexity index is 653. The number of para-hydroxylation sites is 1. The number of thiophene rings is 1. The third-order valence-electron chi connectivity index (χ3n) is 3.51. The minimum absolute atomic E-state index is 0.707. The number of hydrogen-bond donors (Lipinski definition) is 1. The largest absolute Gasteiger partial charge is 0.347 e. The second-order valence-electron chi connectivity index (χ2n) is 4.79. The molecule has 0 unspecified atom stereocenters. The third kappa shape index (κ3) is 2.57. The van der Waals surface area contributed by atoms with Crippen LogP contribution in [0, 0.1) is 0 Å². The molecule has 0 atom stereocenters. The van der Waals surface area contributed by atoms with Gasteiger partial charge in [0.05, 0.1) is 0 Å². The van der Waals surface area contributed by atoms with Crippen molar-refractivity contribution in [2.75, 3.05) is 6.54 Å². The van der Waals surface area contributed by atoms with Crippen molar-refractivity contribution in [1.82, 2.24) is 4.57 Å². The fourth-order valence-corrected chi connectivity index (χ4v) is 3.25. The predicted octanol–water partition coefficient (Wildman–Crippen LogP) is 3.45. The van der Waals surface area contributed by atoms with Crippen LogP contribution in [0.15, 0.2) is 47.3 Å². The summed E-state index contributed by atoms with van der Waals surface area (Å²) in [4.78, 5) is 0. The Morgan fingerprint density at radius 2 is 2.00 bits per heavy atom. The van der Waals surface area contributed by atoms with Crippen LogP contribution in [0.2, 0.25) is 0 Å². The van der Waals surface area contributed by atoms with E-state index in [2.05, 4.69) is 51.9 Å². The quantitative estimate of drug-likeness (QED) is 0.756. The Hall–Kier alpha value is -1.58. The minimum Gasteiger partial charge on any atom is -0.347 e. The van der Waals surface area contributed by atoms with E-state index in [9.17, 15) is 0 Å². The Morgan fingerprint density at radius 1 is 1.11 bits per heavy atom. The maximum Gasteiger partial charge on any atom is 0.0483 e. The first-order chi connectivity index (χ1) is 9.38. The monoisotopic (exact) mass is 270 g/mol. The van der Waals surface area contributed by atoms with Crippen LogP contribution >= 0.6 is 11.3 Å². The van der Waals surface area contributed by atoms with Gasteiger partial charge in [-0.3, -0.25) is 0 Å². The number of hydrogen-bond acceptors (Lipinski definition) is 2. The molecular weight excluding hydrogens is 252 g/mol. The molecule has 0 amide bonds. The number of aromatic nitrogens is 1. The molecule has 1 aromatic carbocycles. The van der Waals surface area contributed by atoms with Crippen LogP contribution in [-0.2, 0) is 19.4 Å². The van der Waals surface area contributed by atoms with Crippen molar-refractivity contribution in [1.29, 1.82) is 0 Å². The summed E-state index contributed by atoms with van der Waals surface area (Å²) in [6.07, 6.45) is 4.31. The molecule has 98 valence electrons. The van der Waals surface area contributed by atoms with E-state index in [-0.39, 0.29) is 0 Å². The van der Waals surface area contributed by atoms with Crippen LogP contribution in [0.25, 0.3) is 10.9 Å². The smallest absolute Gasteiger partial charge is 0.0483 e. The lowest BCUT2D eigenvalue weighted by Gasteiger charge is -2.03. The standard InChI is InChI=1S/C16H18N2S/c17-8-5-14-11-18(9-6-13-7-10-19-12-13)16-4-2-1-3-15(14)16/h1-4,7,10-12H,5-6,8-9,17H2. The first-order valence-electron chi connectivity index (χ1n) is 6.66. The number of fused-ring (bicyclic) bond motifs is 1. The van der Waals surface area contributed by atoms with E-state index in [0.29, 0.717) is 6.54 Å². The van der Waals surface area contributed by atoms with Crippen LogP contribution in [0.4, 0.5) is 0 Å². The molecule has 2 nitrogen and oxygen atoms in total. The number of nitrogens with two attached hydrogens (primary N) is 1. The zero-order valence-corrected chi connectivity index (χ0v) is 11.7. The molecule has 0 aliphatic carbocycles. The molecule has 0 saturated heterocycles. The molecule has 0 spiro atoms. The molecule has 3 aromatic rings. The van der Waals surface area contributed by atoms with Crippen molar-refractivity contribution in [2.24, 2.45) is 5.73 Å². The Labute approximate surface area is 117 Å². The summed E-state index contributed by atoms with van der Waals surface area (Å²) in [5, 5.41) is 5.72. The normalized spacial score (nSPS) is 11.2. The Balaban J connectivity index is 1.90. The van der Waals surface area contributed by atoms with Crippen LogP contribution in [0.1, 0.15) is 11.1 Å². The topological polar surface area (TPSA) is 30.9 Å². The van der Waals surface area contributed by atoms with Crippen molar-refractivity contribution in [3.05, 3.63) is 58.4 Å². The van der Waals surface area contributed by atoms with E-state index in [4.69, 9.17) is 5.73 Å². The van der Waals surface area contributed by atoms with Crippen molar-refractivity contribution < 1.29 is 0 Å². The van der Waals surface area contributed by atoms with Gasteiger partial charge in [0.25, 0.3) is 0 Å². The molecule has 2 N–H and O–H groups in total. The highest BCUT2D eigenvalue weighted by Gasteiger charge is 2.07. The maximum absolute atomic E-state index is 5.70. The lowest BCUT2D eigenvalue weighted by atomic mass is 10.1. The summed E-state index contributed by atoms with van der Waals surface area (Å²) < 4.78 is 2.36. The van der Waals surface area contributed by atoms with Crippen molar-refractivity contribution in [2.45, 2.75) is 19.4 Å². The number of rotatable bonds is 5. The minimum atomic E-state index is 0.707. The van der Waals surface area contributed by atoms with Gasteiger partial charge in [0.15, 0.2) is 0 Å². The molecule has 0 aliphatic rings. The zero-order valence-electron chi connectivity index (χ0n) is 10.9.